The Bertz CT molecular complexity index is 2450. The molecule has 0 fully saturated rings. The first-order valence-electron chi connectivity index (χ1n) is 21.3. The van der Waals surface area contributed by atoms with E-state index in [1.165, 1.54) is 61.7 Å². The molecule has 2 nitrogen and oxygen atoms in total. The number of pyridine rings is 1. The fourth-order valence-corrected chi connectivity index (χ4v) is 7.53. The predicted octanol–water partition coefficient (Wildman–Crippen LogP) is 16.7. The van der Waals surface area contributed by atoms with Crippen molar-refractivity contribution in [2.45, 2.75) is 88.0 Å². The van der Waals surface area contributed by atoms with Gasteiger partial charge in [0.2, 0.25) is 0 Å². The second-order valence-corrected chi connectivity index (χ2v) is 14.6. The Hall–Kier alpha value is -5.99. The van der Waals surface area contributed by atoms with Gasteiger partial charge in [-0.3, -0.25) is 4.57 Å². The maximum atomic E-state index is 5.34. The fourth-order valence-electron chi connectivity index (χ4n) is 7.53. The van der Waals surface area contributed by atoms with E-state index >= 15 is 0 Å². The van der Waals surface area contributed by atoms with Gasteiger partial charge in [0.15, 0.2) is 0 Å². The van der Waals surface area contributed by atoms with E-state index in [-0.39, 0.29) is 0 Å². The Kier molecular flexibility index (Phi) is 16.0. The smallest absolute Gasteiger partial charge is 0.138 e. The largest absolute Gasteiger partial charge is 0.294 e. The van der Waals surface area contributed by atoms with Crippen molar-refractivity contribution in [2.24, 2.45) is 0 Å². The summed E-state index contributed by atoms with van der Waals surface area (Å²) in [6.45, 7) is 19.4. The monoisotopic (exact) mass is 762 g/mol. The number of allylic oxidation sites excluding steroid dienone is 8. The minimum atomic E-state index is 0.918. The fraction of sp³-hybridized carbons (Fsp3) is 0.232. The predicted molar refractivity (Wildman–Crippen MR) is 256 cm³/mol. The molecule has 1 aliphatic rings. The van der Waals surface area contributed by atoms with Crippen LogP contribution in [0.2, 0.25) is 0 Å². The third-order valence-electron chi connectivity index (χ3n) is 10.3. The lowest BCUT2D eigenvalue weighted by Gasteiger charge is -2.19. The normalized spacial score (nSPS) is 12.8. The molecule has 5 aromatic carbocycles. The van der Waals surface area contributed by atoms with Gasteiger partial charge < -0.3 is 0 Å². The van der Waals surface area contributed by atoms with Crippen LogP contribution >= 0.6 is 0 Å². The van der Waals surface area contributed by atoms with Crippen molar-refractivity contribution in [1.29, 1.82) is 0 Å². The summed E-state index contributed by atoms with van der Waals surface area (Å²) in [4.78, 5) is 5.34. The highest BCUT2D eigenvalue weighted by atomic mass is 15.1. The Morgan fingerprint density at radius 1 is 0.621 bits per heavy atom. The van der Waals surface area contributed by atoms with Crippen LogP contribution in [0.1, 0.15) is 92.2 Å². The number of aromatic nitrogens is 2. The van der Waals surface area contributed by atoms with Crippen LogP contribution in [-0.2, 0) is 0 Å². The molecule has 0 atom stereocenters. The van der Waals surface area contributed by atoms with Crippen molar-refractivity contribution in [3.63, 3.8) is 0 Å². The number of hydrogen-bond donors (Lipinski definition) is 0. The average Bonchev–Trinajstić information content (AvgIpc) is 3.62. The zero-order valence-electron chi connectivity index (χ0n) is 36.3. The van der Waals surface area contributed by atoms with Gasteiger partial charge in [0, 0.05) is 16.3 Å². The Morgan fingerprint density at radius 2 is 1.19 bits per heavy atom. The quantitative estimate of drug-likeness (QED) is 0.148. The van der Waals surface area contributed by atoms with E-state index in [0.29, 0.717) is 0 Å². The van der Waals surface area contributed by atoms with E-state index in [1.54, 1.807) is 0 Å². The van der Waals surface area contributed by atoms with E-state index in [2.05, 4.69) is 199 Å². The summed E-state index contributed by atoms with van der Waals surface area (Å²) in [5, 5.41) is 2.50. The Balaban J connectivity index is 0.000000468. The first-order valence-corrected chi connectivity index (χ1v) is 21.3. The molecule has 0 spiro atoms. The maximum absolute atomic E-state index is 5.34. The molecule has 1 aliphatic carbocycles. The molecular formula is C56H62N2. The highest BCUT2D eigenvalue weighted by molar-refractivity contribution is 6.14. The van der Waals surface area contributed by atoms with E-state index in [4.69, 9.17) is 4.98 Å². The topological polar surface area (TPSA) is 17.8 Å². The minimum Gasteiger partial charge on any atom is -0.294 e. The number of hydrogen-bond acceptors (Lipinski definition) is 1. The van der Waals surface area contributed by atoms with Crippen molar-refractivity contribution in [1.82, 2.24) is 9.55 Å². The molecule has 0 radical (unpaired) electrons. The number of nitrogens with zero attached hydrogens (tertiary/aromatic N) is 2. The van der Waals surface area contributed by atoms with Crippen LogP contribution < -0.4 is 0 Å². The summed E-state index contributed by atoms with van der Waals surface area (Å²) in [6, 6.07) is 51.4. The van der Waals surface area contributed by atoms with E-state index in [1.807, 2.05) is 32.0 Å². The summed E-state index contributed by atoms with van der Waals surface area (Å²) < 4.78 is 2.36. The van der Waals surface area contributed by atoms with Crippen molar-refractivity contribution in [3.05, 3.63) is 197 Å². The first kappa shape index (κ1) is 43.1. The molecule has 0 N–H and O–H groups in total. The molecule has 296 valence electrons. The van der Waals surface area contributed by atoms with Crippen LogP contribution in [0.25, 0.3) is 55.6 Å². The molecular weight excluding hydrogens is 701 g/mol. The van der Waals surface area contributed by atoms with Gasteiger partial charge in [0.1, 0.15) is 5.82 Å². The Morgan fingerprint density at radius 3 is 1.79 bits per heavy atom. The zero-order chi connectivity index (χ0) is 41.4. The van der Waals surface area contributed by atoms with Crippen LogP contribution in [0.15, 0.2) is 186 Å². The molecule has 0 bridgehead atoms. The van der Waals surface area contributed by atoms with Gasteiger partial charge >= 0.3 is 0 Å². The van der Waals surface area contributed by atoms with Crippen LogP contribution in [0, 0.1) is 6.92 Å². The van der Waals surface area contributed by atoms with Crippen LogP contribution in [0.3, 0.4) is 0 Å². The standard InChI is InChI=1S/C44H40N2.C7H8.C3H8.C2H6/c1-5-17-37(32(4)31(3)36-23-13-12-18-30(36)2)38-25-16-27-42-44(38)39-24-14-15-26-41(39)46(42)43-29-35(33-19-8-6-9-20-33)28-40(45-43)34-21-10-7-11-22-34;1-7-5-3-2-4-6-7;1-3-2;1-2/h6-11,14-29H,5,12-13H2,1-4H3;2-6H,1H3;3H2,1-2H3;1-2H3/b32-31+,37-17+;;;. The number of fused-ring (bicyclic) bond motifs is 3. The first-order chi connectivity index (χ1) is 28.4. The molecule has 2 heterocycles. The molecule has 0 aliphatic heterocycles. The average molecular weight is 763 g/mol. The molecule has 0 unspecified atom stereocenters. The third-order valence-corrected chi connectivity index (χ3v) is 10.3. The van der Waals surface area contributed by atoms with Crippen LogP contribution in [0.5, 0.6) is 0 Å². The van der Waals surface area contributed by atoms with Crippen LogP contribution in [-0.4, -0.2) is 9.55 Å². The number of aryl methyl sites for hydroxylation is 1. The maximum Gasteiger partial charge on any atom is 0.138 e. The lowest BCUT2D eigenvalue weighted by molar-refractivity contribution is 0.990. The summed E-state index contributed by atoms with van der Waals surface area (Å²) in [7, 11) is 0. The molecule has 58 heavy (non-hydrogen) atoms. The lowest BCUT2D eigenvalue weighted by atomic mass is 9.86. The van der Waals surface area contributed by atoms with E-state index in [9.17, 15) is 0 Å². The SMILES string of the molecule is CC.CC/C=C(\C(C)=C(/C)C1=CCCC=C1C)c1cccc2c1c1ccccc1n2-c1cc(-c2ccccc2)cc(-c2ccccc2)n1.CCC.Cc1ccccc1. The highest BCUT2D eigenvalue weighted by Crippen LogP contribution is 2.41. The molecule has 0 amide bonds. The molecule has 0 saturated carbocycles. The third kappa shape index (κ3) is 10.1. The van der Waals surface area contributed by atoms with Crippen molar-refractivity contribution in [2.75, 3.05) is 0 Å². The summed E-state index contributed by atoms with van der Waals surface area (Å²) in [6.07, 6.45) is 11.6. The van der Waals surface area contributed by atoms with Gasteiger partial charge in [0.05, 0.1) is 16.7 Å². The van der Waals surface area contributed by atoms with Gasteiger partial charge in [-0.05, 0) is 116 Å². The van der Waals surface area contributed by atoms with Gasteiger partial charge in [-0.25, -0.2) is 4.98 Å². The van der Waals surface area contributed by atoms with Crippen molar-refractivity contribution < 1.29 is 0 Å². The zero-order valence-corrected chi connectivity index (χ0v) is 36.3. The molecule has 0 saturated heterocycles. The second-order valence-electron chi connectivity index (χ2n) is 14.6. The number of rotatable bonds is 7. The molecule has 2 aromatic heterocycles. The molecule has 2 heteroatoms. The summed E-state index contributed by atoms with van der Waals surface area (Å²) >= 11 is 0. The minimum absolute atomic E-state index is 0.918. The van der Waals surface area contributed by atoms with Gasteiger partial charge in [-0.1, -0.05) is 186 Å². The van der Waals surface area contributed by atoms with E-state index < -0.39 is 0 Å². The highest BCUT2D eigenvalue weighted by Gasteiger charge is 2.21. The van der Waals surface area contributed by atoms with Gasteiger partial charge in [0.25, 0.3) is 0 Å². The second kappa shape index (κ2) is 21.5. The summed E-state index contributed by atoms with van der Waals surface area (Å²) in [5.74, 6) is 0.918. The van der Waals surface area contributed by atoms with Crippen molar-refractivity contribution >= 4 is 27.4 Å². The molecule has 8 rings (SSSR count). The lowest BCUT2D eigenvalue weighted by Crippen LogP contribution is -2.01. The van der Waals surface area contributed by atoms with Crippen LogP contribution in [0.4, 0.5) is 0 Å². The Labute approximate surface area is 349 Å². The number of para-hydroxylation sites is 1. The number of benzene rings is 5. The molecule has 7 aromatic rings. The van der Waals surface area contributed by atoms with Gasteiger partial charge in [-0.15, -0.1) is 0 Å². The summed E-state index contributed by atoms with van der Waals surface area (Å²) in [5.41, 5.74) is 16.1. The van der Waals surface area contributed by atoms with Crippen molar-refractivity contribution in [3.8, 4) is 28.2 Å². The van der Waals surface area contributed by atoms with E-state index in [0.717, 1.165) is 52.9 Å². The van der Waals surface area contributed by atoms with Gasteiger partial charge in [-0.2, -0.15) is 0 Å².